The summed E-state index contributed by atoms with van der Waals surface area (Å²) in [6, 6.07) is 9.99. The first-order valence-electron chi connectivity index (χ1n) is 11.5. The maximum absolute atomic E-state index is 11.0. The lowest BCUT2D eigenvalue weighted by molar-refractivity contribution is -0.362. The largest absolute Gasteiger partial charge is 0.390 e. The van der Waals surface area contributed by atoms with E-state index in [9.17, 15) is 10.2 Å². The Morgan fingerprint density at radius 3 is 2.53 bits per heavy atom. The van der Waals surface area contributed by atoms with E-state index in [1.165, 1.54) is 0 Å². The van der Waals surface area contributed by atoms with Crippen LogP contribution in [0.3, 0.4) is 0 Å². The third-order valence-electron chi connectivity index (χ3n) is 7.18. The molecule has 0 saturated carbocycles. The van der Waals surface area contributed by atoms with Crippen LogP contribution in [0.1, 0.15) is 45.1 Å². The van der Waals surface area contributed by atoms with Gasteiger partial charge in [0.15, 0.2) is 0 Å². The van der Waals surface area contributed by atoms with Crippen molar-refractivity contribution in [1.82, 2.24) is 0 Å². The minimum atomic E-state index is -1.05. The van der Waals surface area contributed by atoms with Gasteiger partial charge >= 0.3 is 0 Å². The Kier molecular flexibility index (Phi) is 6.92. The van der Waals surface area contributed by atoms with Crippen molar-refractivity contribution in [3.63, 3.8) is 0 Å². The number of aliphatic hydroxyl groups excluding tert-OH is 1. The molecule has 4 rings (SSSR count). The zero-order valence-electron chi connectivity index (χ0n) is 19.1. The molecule has 0 aromatic heterocycles. The van der Waals surface area contributed by atoms with Gasteiger partial charge in [-0.3, -0.25) is 0 Å². The summed E-state index contributed by atoms with van der Waals surface area (Å²) in [5.74, 6) is 0. The van der Waals surface area contributed by atoms with Crippen molar-refractivity contribution in [2.75, 3.05) is 0 Å². The highest BCUT2D eigenvalue weighted by Crippen LogP contribution is 2.47. The molecular formula is C26H36O6. The van der Waals surface area contributed by atoms with E-state index >= 15 is 0 Å². The van der Waals surface area contributed by atoms with Crippen molar-refractivity contribution >= 4 is 0 Å². The molecule has 0 spiro atoms. The third-order valence-corrected chi connectivity index (χ3v) is 7.18. The molecule has 2 N–H and O–H groups in total. The Labute approximate surface area is 190 Å². The van der Waals surface area contributed by atoms with Gasteiger partial charge in [0.2, 0.25) is 0 Å². The van der Waals surface area contributed by atoms with E-state index < -0.39 is 35.6 Å². The average molecular weight is 445 g/mol. The number of fused-ring (bicyclic) bond motifs is 2. The third kappa shape index (κ3) is 4.45. The van der Waals surface area contributed by atoms with Crippen LogP contribution in [0, 0.1) is 0 Å². The number of aliphatic hydroxyl groups is 2. The van der Waals surface area contributed by atoms with Gasteiger partial charge in [-0.05, 0) is 32.3 Å². The molecule has 32 heavy (non-hydrogen) atoms. The van der Waals surface area contributed by atoms with Gasteiger partial charge < -0.3 is 29.2 Å². The van der Waals surface area contributed by atoms with Gasteiger partial charge in [-0.2, -0.15) is 0 Å². The second kappa shape index (κ2) is 9.37. The highest BCUT2D eigenvalue weighted by atomic mass is 16.6. The molecule has 1 aromatic carbocycles. The minimum absolute atomic E-state index is 0.364. The van der Waals surface area contributed by atoms with Gasteiger partial charge in [0.05, 0.1) is 42.7 Å². The maximum atomic E-state index is 11.0. The van der Waals surface area contributed by atoms with Crippen molar-refractivity contribution < 1.29 is 29.2 Å². The van der Waals surface area contributed by atoms with E-state index in [1.807, 2.05) is 37.3 Å². The summed E-state index contributed by atoms with van der Waals surface area (Å²) in [5.41, 5.74) is -0.809. The first-order valence-corrected chi connectivity index (χ1v) is 11.5. The Balaban J connectivity index is 1.65. The molecule has 0 amide bonds. The Bertz CT molecular complexity index is 795. The maximum Gasteiger partial charge on any atom is 0.121 e. The molecule has 3 saturated heterocycles. The molecule has 6 nitrogen and oxygen atoms in total. The molecular weight excluding hydrogens is 408 g/mol. The van der Waals surface area contributed by atoms with Gasteiger partial charge in [0.1, 0.15) is 17.8 Å². The molecule has 176 valence electrons. The van der Waals surface area contributed by atoms with E-state index in [-0.39, 0.29) is 18.3 Å². The summed E-state index contributed by atoms with van der Waals surface area (Å²) in [4.78, 5) is 0. The van der Waals surface area contributed by atoms with E-state index in [1.54, 1.807) is 19.1 Å². The van der Waals surface area contributed by atoms with Crippen LogP contribution in [-0.4, -0.2) is 64.1 Å². The van der Waals surface area contributed by atoms with Gasteiger partial charge in [0.25, 0.3) is 0 Å². The van der Waals surface area contributed by atoms with E-state index in [2.05, 4.69) is 13.2 Å². The molecule has 9 atom stereocenters. The summed E-state index contributed by atoms with van der Waals surface area (Å²) in [5, 5.41) is 21.7. The first kappa shape index (κ1) is 23.6. The van der Waals surface area contributed by atoms with Crippen LogP contribution in [0.4, 0.5) is 0 Å². The Morgan fingerprint density at radius 1 is 1.12 bits per heavy atom. The lowest BCUT2D eigenvalue weighted by Gasteiger charge is -2.59. The smallest absolute Gasteiger partial charge is 0.121 e. The van der Waals surface area contributed by atoms with E-state index in [0.717, 1.165) is 5.56 Å². The molecule has 6 heteroatoms. The lowest BCUT2D eigenvalue weighted by atomic mass is 9.74. The normalized spacial score (nSPS) is 43.7. The highest BCUT2D eigenvalue weighted by molar-refractivity contribution is 5.15. The van der Waals surface area contributed by atoms with Crippen molar-refractivity contribution in [1.29, 1.82) is 0 Å². The SMILES string of the molecule is C=CC[C@@H]1O[C@@]2(C)[C@H](C[C@H]1O)O[C@@H]1C[C@](C)(O)[C@@H](CC=C)O[C@H]1[C@@H]2OCc1ccccc1. The summed E-state index contributed by atoms with van der Waals surface area (Å²) >= 11 is 0. The van der Waals surface area contributed by atoms with Gasteiger partial charge in [0, 0.05) is 12.8 Å². The molecule has 3 aliphatic heterocycles. The Morgan fingerprint density at radius 2 is 1.84 bits per heavy atom. The summed E-state index contributed by atoms with van der Waals surface area (Å²) in [6.07, 6.45) is 2.40. The van der Waals surface area contributed by atoms with Crippen LogP contribution in [0.5, 0.6) is 0 Å². The fourth-order valence-electron chi connectivity index (χ4n) is 5.39. The van der Waals surface area contributed by atoms with Crippen LogP contribution in [0.2, 0.25) is 0 Å². The molecule has 0 unspecified atom stereocenters. The second-order valence-electron chi connectivity index (χ2n) is 9.72. The molecule has 3 heterocycles. The van der Waals surface area contributed by atoms with Gasteiger partial charge in [-0.1, -0.05) is 42.5 Å². The van der Waals surface area contributed by atoms with Gasteiger partial charge in [-0.25, -0.2) is 0 Å². The fraction of sp³-hybridized carbons (Fsp3) is 0.615. The first-order chi connectivity index (χ1) is 15.3. The van der Waals surface area contributed by atoms with Crippen LogP contribution >= 0.6 is 0 Å². The lowest BCUT2D eigenvalue weighted by Crippen LogP contribution is -2.73. The van der Waals surface area contributed by atoms with Gasteiger partial charge in [-0.15, -0.1) is 13.2 Å². The minimum Gasteiger partial charge on any atom is -0.390 e. The monoisotopic (exact) mass is 444 g/mol. The molecule has 1 aromatic rings. The topological polar surface area (TPSA) is 77.4 Å². The van der Waals surface area contributed by atoms with Crippen LogP contribution in [0.15, 0.2) is 55.6 Å². The van der Waals surface area contributed by atoms with Crippen molar-refractivity contribution in [3.8, 4) is 0 Å². The average Bonchev–Trinajstić information content (AvgIpc) is 2.75. The molecule has 0 aliphatic carbocycles. The van der Waals surface area contributed by atoms with E-state index in [0.29, 0.717) is 32.3 Å². The zero-order chi connectivity index (χ0) is 22.9. The predicted octanol–water partition coefficient (Wildman–Crippen LogP) is 3.31. The molecule has 0 bridgehead atoms. The quantitative estimate of drug-likeness (QED) is 0.629. The predicted molar refractivity (Wildman–Crippen MR) is 121 cm³/mol. The zero-order valence-corrected chi connectivity index (χ0v) is 19.1. The van der Waals surface area contributed by atoms with Crippen molar-refractivity contribution in [3.05, 3.63) is 61.2 Å². The summed E-state index contributed by atoms with van der Waals surface area (Å²) < 4.78 is 25.9. The van der Waals surface area contributed by atoms with Crippen molar-refractivity contribution in [2.24, 2.45) is 0 Å². The van der Waals surface area contributed by atoms with Crippen LogP contribution < -0.4 is 0 Å². The van der Waals surface area contributed by atoms with Crippen LogP contribution in [-0.2, 0) is 25.6 Å². The number of hydrogen-bond acceptors (Lipinski definition) is 6. The van der Waals surface area contributed by atoms with Crippen LogP contribution in [0.25, 0.3) is 0 Å². The second-order valence-corrected chi connectivity index (χ2v) is 9.72. The number of ether oxygens (including phenoxy) is 4. The van der Waals surface area contributed by atoms with Crippen molar-refractivity contribution in [2.45, 2.75) is 100 Å². The number of rotatable bonds is 7. The summed E-state index contributed by atoms with van der Waals surface area (Å²) in [6.45, 7) is 11.8. The number of hydrogen-bond donors (Lipinski definition) is 2. The standard InChI is InChI=1S/C26H36O6/c1-5-10-19-18(27)14-22-26(4,32-19)24(29-16-17-12-8-7-9-13-17)23-20(30-22)15-25(3,28)21(31-23)11-6-2/h5-9,12-13,18-24,27-28H,1-2,10-11,14-16H2,3-4H3/t18-,19+,20-,21-,22+,23-,24+,25+,26+/m1/s1. The highest BCUT2D eigenvalue weighted by Gasteiger charge is 2.62. The number of benzene rings is 1. The fourth-order valence-corrected chi connectivity index (χ4v) is 5.39. The van der Waals surface area contributed by atoms with E-state index in [4.69, 9.17) is 18.9 Å². The Hall–Kier alpha value is -1.54. The molecule has 3 fully saturated rings. The molecule has 0 radical (unpaired) electrons. The summed E-state index contributed by atoms with van der Waals surface area (Å²) in [7, 11) is 0. The molecule has 3 aliphatic rings.